The minimum atomic E-state index is 0.547. The van der Waals surface area contributed by atoms with E-state index in [9.17, 15) is 4.79 Å². The first-order valence-corrected chi connectivity index (χ1v) is 4.13. The van der Waals surface area contributed by atoms with Gasteiger partial charge in [0.1, 0.15) is 0 Å². The summed E-state index contributed by atoms with van der Waals surface area (Å²) in [7, 11) is 2.28. The highest BCUT2D eigenvalue weighted by atomic mass is 31.0. The molecule has 0 saturated carbocycles. The molecule has 0 radical (unpaired) electrons. The van der Waals surface area contributed by atoms with Crippen molar-refractivity contribution in [3.63, 3.8) is 0 Å². The Morgan fingerprint density at radius 2 is 2.00 bits per heavy atom. The Balaban J connectivity index is 2.86. The molecule has 0 spiro atoms. The third-order valence-corrected chi connectivity index (χ3v) is 1.75. The van der Waals surface area contributed by atoms with Gasteiger partial charge in [-0.15, -0.1) is 0 Å². The van der Waals surface area contributed by atoms with Gasteiger partial charge >= 0.3 is 0 Å². The molecule has 62 valence electrons. The van der Waals surface area contributed by atoms with E-state index >= 15 is 0 Å². The highest BCUT2D eigenvalue weighted by molar-refractivity contribution is 7.14. The molecule has 1 atom stereocenters. The van der Waals surface area contributed by atoms with Crippen molar-refractivity contribution in [3.05, 3.63) is 41.6 Å². The summed E-state index contributed by atoms with van der Waals surface area (Å²) in [6, 6.07) is 9.66. The Labute approximate surface area is 73.9 Å². The largest absolute Gasteiger partial charge is 0.367 e. The molecule has 0 bridgehead atoms. The van der Waals surface area contributed by atoms with Crippen LogP contribution in [0.5, 0.6) is 0 Å². The topological polar surface area (TPSA) is 29.1 Å². The van der Waals surface area contributed by atoms with Crippen molar-refractivity contribution in [1.82, 2.24) is 5.09 Å². The van der Waals surface area contributed by atoms with E-state index in [0.29, 0.717) is 5.70 Å². The number of carbonyl (C=O) groups excluding carboxylic acids is 1. The normalized spacial score (nSPS) is 10.9. The van der Waals surface area contributed by atoms with Crippen molar-refractivity contribution in [1.29, 1.82) is 0 Å². The molecule has 1 N–H and O–H groups in total. The summed E-state index contributed by atoms with van der Waals surface area (Å²) in [5.74, 6) is 0. The number of hydrogen-bond acceptors (Lipinski definition) is 2. The number of hydrogen-bond donors (Lipinski definition) is 1. The average Bonchev–Trinajstić information content (AvgIpc) is 2.16. The monoisotopic (exact) mass is 179 g/mol. The van der Waals surface area contributed by atoms with Gasteiger partial charge in [-0.05, 0) is 21.0 Å². The predicted molar refractivity (Wildman–Crippen MR) is 53.3 cm³/mol. The maximum atomic E-state index is 10.4. The van der Waals surface area contributed by atoms with Crippen molar-refractivity contribution in [3.8, 4) is 0 Å². The molecule has 0 heterocycles. The van der Waals surface area contributed by atoms with E-state index < -0.39 is 0 Å². The maximum Gasteiger partial charge on any atom is 0.166 e. The number of benzene rings is 1. The molecule has 12 heavy (non-hydrogen) atoms. The summed E-state index contributed by atoms with van der Waals surface area (Å²) < 4.78 is 0. The highest BCUT2D eigenvalue weighted by Gasteiger charge is 1.89. The van der Waals surface area contributed by atoms with E-state index in [2.05, 4.69) is 14.5 Å². The maximum absolute atomic E-state index is 10.4. The summed E-state index contributed by atoms with van der Waals surface area (Å²) in [6.45, 7) is 0. The van der Waals surface area contributed by atoms with Gasteiger partial charge < -0.3 is 5.09 Å². The Morgan fingerprint density at radius 1 is 1.33 bits per heavy atom. The second kappa shape index (κ2) is 4.68. The minimum absolute atomic E-state index is 0.547. The van der Waals surface area contributed by atoms with Crippen LogP contribution in [0.25, 0.3) is 6.08 Å². The minimum Gasteiger partial charge on any atom is -0.367 e. The molecule has 0 fully saturated rings. The van der Waals surface area contributed by atoms with Crippen LogP contribution in [0.4, 0.5) is 0 Å². The third kappa shape index (κ3) is 2.48. The van der Waals surface area contributed by atoms with Gasteiger partial charge in [0.25, 0.3) is 0 Å². The van der Waals surface area contributed by atoms with Crippen LogP contribution in [0.2, 0.25) is 0 Å². The van der Waals surface area contributed by atoms with Crippen LogP contribution in [0.3, 0.4) is 0 Å². The van der Waals surface area contributed by atoms with E-state index in [0.717, 1.165) is 11.8 Å². The second-order valence-corrected chi connectivity index (χ2v) is 2.56. The van der Waals surface area contributed by atoms with E-state index in [1.54, 1.807) is 6.08 Å². The molecule has 0 aliphatic heterocycles. The highest BCUT2D eigenvalue weighted by Crippen LogP contribution is 2.03. The van der Waals surface area contributed by atoms with Crippen LogP contribution in [0.15, 0.2) is 36.0 Å². The van der Waals surface area contributed by atoms with Crippen molar-refractivity contribution in [2.75, 3.05) is 0 Å². The van der Waals surface area contributed by atoms with Crippen molar-refractivity contribution in [2.24, 2.45) is 0 Å². The van der Waals surface area contributed by atoms with E-state index in [1.807, 2.05) is 30.3 Å². The zero-order valence-electron chi connectivity index (χ0n) is 6.53. The number of rotatable bonds is 3. The Kier molecular flexibility index (Phi) is 3.49. The van der Waals surface area contributed by atoms with Gasteiger partial charge in [0.2, 0.25) is 0 Å². The molecule has 1 rings (SSSR count). The van der Waals surface area contributed by atoms with Crippen LogP contribution in [0, 0.1) is 0 Å². The standard InChI is InChI=1S/C9H10NOP/c11-7-9(10-12)6-8-4-2-1-3-5-8/h1-7,10H,12H2/b9-6+. The molecule has 1 aromatic carbocycles. The zero-order chi connectivity index (χ0) is 8.81. The van der Waals surface area contributed by atoms with Gasteiger partial charge in [0.05, 0.1) is 5.70 Å². The number of carbonyl (C=O) groups is 1. The van der Waals surface area contributed by atoms with Crippen LogP contribution < -0.4 is 5.09 Å². The first-order chi connectivity index (χ1) is 5.86. The molecule has 0 amide bonds. The fourth-order valence-electron chi connectivity index (χ4n) is 0.839. The lowest BCUT2D eigenvalue weighted by Gasteiger charge is -1.96. The SMILES string of the molecule is O=C/C(=C\c1ccccc1)NP. The molecule has 0 aromatic heterocycles. The number of aldehydes is 1. The van der Waals surface area contributed by atoms with Crippen molar-refractivity contribution in [2.45, 2.75) is 0 Å². The fourth-order valence-corrected chi connectivity index (χ4v) is 0.990. The summed E-state index contributed by atoms with van der Waals surface area (Å²) in [5.41, 5.74) is 1.56. The summed E-state index contributed by atoms with van der Waals surface area (Å²) in [4.78, 5) is 10.4. The van der Waals surface area contributed by atoms with Crippen molar-refractivity contribution < 1.29 is 4.79 Å². The van der Waals surface area contributed by atoms with E-state index in [4.69, 9.17) is 0 Å². The lowest BCUT2D eigenvalue weighted by atomic mass is 10.2. The van der Waals surface area contributed by atoms with Gasteiger partial charge in [0, 0.05) is 0 Å². The van der Waals surface area contributed by atoms with Crippen LogP contribution in [0.1, 0.15) is 5.56 Å². The van der Waals surface area contributed by atoms with Gasteiger partial charge in [-0.2, -0.15) is 0 Å². The van der Waals surface area contributed by atoms with Crippen molar-refractivity contribution >= 4 is 21.8 Å². The number of nitrogens with one attached hydrogen (secondary N) is 1. The first kappa shape index (κ1) is 8.95. The molecule has 0 aliphatic carbocycles. The van der Waals surface area contributed by atoms with Crippen LogP contribution in [-0.4, -0.2) is 6.29 Å². The van der Waals surface area contributed by atoms with Gasteiger partial charge in [-0.1, -0.05) is 30.3 Å². The summed E-state index contributed by atoms with van der Waals surface area (Å²) in [6.07, 6.45) is 2.56. The second-order valence-electron chi connectivity index (χ2n) is 2.27. The third-order valence-electron chi connectivity index (χ3n) is 1.42. The molecular weight excluding hydrogens is 169 g/mol. The lowest BCUT2D eigenvalue weighted by Crippen LogP contribution is -1.98. The fraction of sp³-hybridized carbons (Fsp3) is 0. The lowest BCUT2D eigenvalue weighted by molar-refractivity contribution is -0.105. The predicted octanol–water partition coefficient (Wildman–Crippen LogP) is 1.61. The van der Waals surface area contributed by atoms with Gasteiger partial charge in [-0.3, -0.25) is 4.79 Å². The van der Waals surface area contributed by atoms with E-state index in [1.165, 1.54) is 0 Å². The summed E-state index contributed by atoms with van der Waals surface area (Å²) >= 11 is 0. The molecule has 0 aliphatic rings. The quantitative estimate of drug-likeness (QED) is 0.434. The van der Waals surface area contributed by atoms with Crippen LogP contribution >= 0.6 is 9.39 Å². The summed E-state index contributed by atoms with van der Waals surface area (Å²) in [5, 5.41) is 2.71. The Bertz CT molecular complexity index is 282. The smallest absolute Gasteiger partial charge is 0.166 e. The average molecular weight is 179 g/mol. The van der Waals surface area contributed by atoms with Gasteiger partial charge in [0.15, 0.2) is 6.29 Å². The zero-order valence-corrected chi connectivity index (χ0v) is 7.68. The molecule has 1 unspecified atom stereocenters. The van der Waals surface area contributed by atoms with Crippen LogP contribution in [-0.2, 0) is 4.79 Å². The first-order valence-electron chi connectivity index (χ1n) is 3.55. The van der Waals surface area contributed by atoms with E-state index in [-0.39, 0.29) is 0 Å². The Morgan fingerprint density at radius 3 is 2.50 bits per heavy atom. The molecular formula is C9H10NOP. The Hall–Kier alpha value is -1.14. The molecule has 3 heteroatoms. The van der Waals surface area contributed by atoms with Gasteiger partial charge in [-0.25, -0.2) is 0 Å². The molecule has 2 nitrogen and oxygen atoms in total. The molecule has 0 saturated heterocycles. The number of allylic oxidation sites excluding steroid dienone is 1. The molecule has 1 aromatic rings.